The van der Waals surface area contributed by atoms with Gasteiger partial charge >= 0.3 is 12.0 Å². The van der Waals surface area contributed by atoms with Crippen LogP contribution in [0.2, 0.25) is 0 Å². The molecule has 0 aromatic rings. The SMILES string of the molecule is O=C(CCNC(=O)N1CC(C(=O)O)C1)NC1CC1. The number of carbonyl (C=O) groups is 3. The van der Waals surface area contributed by atoms with E-state index >= 15 is 0 Å². The van der Waals surface area contributed by atoms with E-state index in [1.807, 2.05) is 0 Å². The van der Waals surface area contributed by atoms with Crippen LogP contribution in [-0.4, -0.2) is 53.6 Å². The molecule has 18 heavy (non-hydrogen) atoms. The van der Waals surface area contributed by atoms with Gasteiger partial charge in [-0.3, -0.25) is 9.59 Å². The molecule has 0 aromatic carbocycles. The molecule has 2 fully saturated rings. The molecule has 1 saturated carbocycles. The normalized spacial score (nSPS) is 19.0. The minimum Gasteiger partial charge on any atom is -0.481 e. The Labute approximate surface area is 105 Å². The molecule has 3 N–H and O–H groups in total. The maximum atomic E-state index is 11.5. The van der Waals surface area contributed by atoms with Crippen molar-refractivity contribution in [2.75, 3.05) is 19.6 Å². The molecule has 7 heteroatoms. The van der Waals surface area contributed by atoms with Gasteiger partial charge in [0, 0.05) is 32.1 Å². The van der Waals surface area contributed by atoms with Gasteiger partial charge in [-0.1, -0.05) is 0 Å². The first-order valence-electron chi connectivity index (χ1n) is 6.11. The minimum absolute atomic E-state index is 0.0511. The van der Waals surface area contributed by atoms with Gasteiger partial charge in [0.2, 0.25) is 5.91 Å². The molecule has 2 rings (SSSR count). The third-order valence-electron chi connectivity index (χ3n) is 3.09. The van der Waals surface area contributed by atoms with E-state index in [0.717, 1.165) is 12.8 Å². The van der Waals surface area contributed by atoms with Gasteiger partial charge in [0.05, 0.1) is 5.92 Å². The molecule has 3 amide bonds. The number of rotatable bonds is 5. The van der Waals surface area contributed by atoms with Crippen LogP contribution in [0.1, 0.15) is 19.3 Å². The first kappa shape index (κ1) is 12.7. The lowest BCUT2D eigenvalue weighted by atomic mass is 10.0. The average molecular weight is 255 g/mol. The van der Waals surface area contributed by atoms with Crippen molar-refractivity contribution in [2.24, 2.45) is 5.92 Å². The molecule has 7 nitrogen and oxygen atoms in total. The molecule has 0 aromatic heterocycles. The van der Waals surface area contributed by atoms with Crippen LogP contribution in [-0.2, 0) is 9.59 Å². The highest BCUT2D eigenvalue weighted by molar-refractivity contribution is 5.81. The fourth-order valence-electron chi connectivity index (χ4n) is 1.72. The van der Waals surface area contributed by atoms with E-state index in [9.17, 15) is 14.4 Å². The van der Waals surface area contributed by atoms with E-state index in [0.29, 0.717) is 6.04 Å². The van der Waals surface area contributed by atoms with Crippen molar-refractivity contribution in [1.82, 2.24) is 15.5 Å². The Hall–Kier alpha value is -1.79. The maximum absolute atomic E-state index is 11.5. The summed E-state index contributed by atoms with van der Waals surface area (Å²) in [5.74, 6) is -1.37. The zero-order valence-corrected chi connectivity index (χ0v) is 10.0. The molecule has 100 valence electrons. The van der Waals surface area contributed by atoms with Crippen molar-refractivity contribution < 1.29 is 19.5 Å². The first-order chi connectivity index (χ1) is 8.56. The second-order valence-corrected chi connectivity index (χ2v) is 4.76. The van der Waals surface area contributed by atoms with Gasteiger partial charge in [-0.25, -0.2) is 4.79 Å². The summed E-state index contributed by atoms with van der Waals surface area (Å²) in [6.07, 6.45) is 2.35. The number of carboxylic acid groups (broad SMARTS) is 1. The standard InChI is InChI=1S/C11H17N3O4/c15-9(13-8-1-2-8)3-4-12-11(18)14-5-7(6-14)10(16)17/h7-8H,1-6H2,(H,12,18)(H,13,15)(H,16,17). The van der Waals surface area contributed by atoms with Crippen molar-refractivity contribution in [3.8, 4) is 0 Å². The maximum Gasteiger partial charge on any atom is 0.317 e. The Balaban J connectivity index is 1.55. The summed E-state index contributed by atoms with van der Waals surface area (Å²) in [6.45, 7) is 0.774. The van der Waals surface area contributed by atoms with Gasteiger partial charge in [-0.05, 0) is 12.8 Å². The third kappa shape index (κ3) is 3.35. The lowest BCUT2D eigenvalue weighted by Gasteiger charge is -2.36. The van der Waals surface area contributed by atoms with Gasteiger partial charge in [0.1, 0.15) is 0 Å². The Kier molecular flexibility index (Phi) is 3.69. The van der Waals surface area contributed by atoms with E-state index < -0.39 is 11.9 Å². The van der Waals surface area contributed by atoms with Crippen LogP contribution in [0.15, 0.2) is 0 Å². The predicted molar refractivity (Wildman–Crippen MR) is 61.9 cm³/mol. The van der Waals surface area contributed by atoms with Gasteiger partial charge in [-0.15, -0.1) is 0 Å². The molecule has 0 radical (unpaired) electrons. The van der Waals surface area contributed by atoms with Gasteiger partial charge in [0.15, 0.2) is 0 Å². The molecule has 2 aliphatic rings. The first-order valence-corrected chi connectivity index (χ1v) is 6.11. The molecule has 1 heterocycles. The van der Waals surface area contributed by atoms with E-state index in [-0.39, 0.29) is 38.0 Å². The number of nitrogens with one attached hydrogen (secondary N) is 2. The summed E-state index contributed by atoms with van der Waals surface area (Å²) >= 11 is 0. The second-order valence-electron chi connectivity index (χ2n) is 4.76. The van der Waals surface area contributed by atoms with Crippen molar-refractivity contribution >= 4 is 17.9 Å². The topological polar surface area (TPSA) is 98.7 Å². The summed E-state index contributed by atoms with van der Waals surface area (Å²) in [5, 5.41) is 14.1. The van der Waals surface area contributed by atoms with Gasteiger partial charge in [-0.2, -0.15) is 0 Å². The molecule has 0 bridgehead atoms. The van der Waals surface area contributed by atoms with Gasteiger partial charge < -0.3 is 20.6 Å². The molecular weight excluding hydrogens is 238 g/mol. The Morgan fingerprint density at radius 1 is 1.22 bits per heavy atom. The molecule has 0 atom stereocenters. The highest BCUT2D eigenvalue weighted by Crippen LogP contribution is 2.18. The van der Waals surface area contributed by atoms with Crippen LogP contribution < -0.4 is 10.6 Å². The quantitative estimate of drug-likeness (QED) is 0.609. The lowest BCUT2D eigenvalue weighted by Crippen LogP contribution is -2.56. The number of hydrogen-bond donors (Lipinski definition) is 3. The van der Waals surface area contributed by atoms with E-state index in [1.165, 1.54) is 4.90 Å². The largest absolute Gasteiger partial charge is 0.481 e. The fourth-order valence-corrected chi connectivity index (χ4v) is 1.72. The molecule has 1 aliphatic carbocycles. The Bertz CT molecular complexity index is 361. The van der Waals surface area contributed by atoms with Crippen LogP contribution in [0.3, 0.4) is 0 Å². The summed E-state index contributed by atoms with van der Waals surface area (Å²) in [5.41, 5.74) is 0. The summed E-state index contributed by atoms with van der Waals surface area (Å²) in [4.78, 5) is 34.8. The number of carbonyl (C=O) groups excluding carboxylic acids is 2. The van der Waals surface area contributed by atoms with Crippen molar-refractivity contribution in [3.63, 3.8) is 0 Å². The average Bonchev–Trinajstić information content (AvgIpc) is 2.98. The van der Waals surface area contributed by atoms with Crippen molar-refractivity contribution in [1.29, 1.82) is 0 Å². The monoisotopic (exact) mass is 255 g/mol. The van der Waals surface area contributed by atoms with Crippen LogP contribution in [0.5, 0.6) is 0 Å². The van der Waals surface area contributed by atoms with Gasteiger partial charge in [0.25, 0.3) is 0 Å². The van der Waals surface area contributed by atoms with E-state index in [1.54, 1.807) is 0 Å². The molecule has 0 spiro atoms. The number of hydrogen-bond acceptors (Lipinski definition) is 3. The van der Waals surface area contributed by atoms with Crippen LogP contribution >= 0.6 is 0 Å². The fraction of sp³-hybridized carbons (Fsp3) is 0.727. The van der Waals surface area contributed by atoms with Crippen molar-refractivity contribution in [3.05, 3.63) is 0 Å². The number of nitrogens with zero attached hydrogens (tertiary/aromatic N) is 1. The zero-order valence-electron chi connectivity index (χ0n) is 10.0. The number of carboxylic acids is 1. The highest BCUT2D eigenvalue weighted by atomic mass is 16.4. The number of amides is 3. The molecule has 1 saturated heterocycles. The number of likely N-dealkylation sites (tertiary alicyclic amines) is 1. The predicted octanol–water partition coefficient (Wildman–Crippen LogP) is -0.619. The smallest absolute Gasteiger partial charge is 0.317 e. The van der Waals surface area contributed by atoms with E-state index in [2.05, 4.69) is 10.6 Å². The van der Waals surface area contributed by atoms with Crippen LogP contribution in [0.4, 0.5) is 4.79 Å². The summed E-state index contributed by atoms with van der Waals surface area (Å²) in [6, 6.07) is 0.0339. The summed E-state index contributed by atoms with van der Waals surface area (Å²) in [7, 11) is 0. The van der Waals surface area contributed by atoms with Crippen LogP contribution in [0, 0.1) is 5.92 Å². The third-order valence-corrected chi connectivity index (χ3v) is 3.09. The molecular formula is C11H17N3O4. The number of aliphatic carboxylic acids is 1. The van der Waals surface area contributed by atoms with Crippen LogP contribution in [0.25, 0.3) is 0 Å². The Morgan fingerprint density at radius 3 is 2.44 bits per heavy atom. The van der Waals surface area contributed by atoms with E-state index in [4.69, 9.17) is 5.11 Å². The number of urea groups is 1. The second kappa shape index (κ2) is 5.24. The zero-order chi connectivity index (χ0) is 13.1. The lowest BCUT2D eigenvalue weighted by molar-refractivity contribution is -0.146. The van der Waals surface area contributed by atoms with Crippen molar-refractivity contribution in [2.45, 2.75) is 25.3 Å². The minimum atomic E-state index is -0.872. The Morgan fingerprint density at radius 2 is 1.89 bits per heavy atom. The summed E-state index contributed by atoms with van der Waals surface area (Å²) < 4.78 is 0. The highest BCUT2D eigenvalue weighted by Gasteiger charge is 2.35. The molecule has 1 aliphatic heterocycles. The molecule has 0 unspecified atom stereocenters.